The van der Waals surface area contributed by atoms with Gasteiger partial charge in [0.1, 0.15) is 17.5 Å². The minimum absolute atomic E-state index is 0.0601. The SMILES string of the molecule is CCOC(=O)/C(C#N)=C\c1cnc(-c2ccccc2)[nH]1. The highest BCUT2D eigenvalue weighted by Crippen LogP contribution is 2.16. The second-order valence-corrected chi connectivity index (χ2v) is 3.94. The van der Waals surface area contributed by atoms with Gasteiger partial charge in [0, 0.05) is 5.56 Å². The maximum absolute atomic E-state index is 11.5. The molecule has 1 heterocycles. The van der Waals surface area contributed by atoms with Gasteiger partial charge < -0.3 is 9.72 Å². The van der Waals surface area contributed by atoms with Gasteiger partial charge in [-0.15, -0.1) is 0 Å². The summed E-state index contributed by atoms with van der Waals surface area (Å²) in [4.78, 5) is 18.8. The van der Waals surface area contributed by atoms with Crippen LogP contribution in [-0.2, 0) is 9.53 Å². The lowest BCUT2D eigenvalue weighted by Gasteiger charge is -1.98. The van der Waals surface area contributed by atoms with Gasteiger partial charge in [-0.05, 0) is 13.0 Å². The first-order valence-electron chi connectivity index (χ1n) is 6.14. The molecule has 0 saturated carbocycles. The normalized spacial score (nSPS) is 10.9. The third-order valence-electron chi connectivity index (χ3n) is 2.56. The Kier molecular flexibility index (Phi) is 4.30. The molecule has 0 saturated heterocycles. The number of carbonyl (C=O) groups excluding carboxylic acids is 1. The van der Waals surface area contributed by atoms with Crippen LogP contribution in [0.5, 0.6) is 0 Å². The van der Waals surface area contributed by atoms with E-state index in [9.17, 15) is 4.79 Å². The number of ether oxygens (including phenoxy) is 1. The Balaban J connectivity index is 2.25. The topological polar surface area (TPSA) is 78.8 Å². The smallest absolute Gasteiger partial charge is 0.348 e. The van der Waals surface area contributed by atoms with Crippen LogP contribution in [0.15, 0.2) is 42.1 Å². The lowest BCUT2D eigenvalue weighted by atomic mass is 10.2. The van der Waals surface area contributed by atoms with Crippen LogP contribution in [0.25, 0.3) is 17.5 Å². The van der Waals surface area contributed by atoms with E-state index in [2.05, 4.69) is 9.97 Å². The van der Waals surface area contributed by atoms with Crippen molar-refractivity contribution in [2.45, 2.75) is 6.92 Å². The fraction of sp³-hybridized carbons (Fsp3) is 0.133. The third kappa shape index (κ3) is 3.12. The first kappa shape index (κ1) is 13.6. The predicted molar refractivity (Wildman–Crippen MR) is 74.2 cm³/mol. The van der Waals surface area contributed by atoms with Crippen LogP contribution in [-0.4, -0.2) is 22.5 Å². The maximum atomic E-state index is 11.5. The summed E-state index contributed by atoms with van der Waals surface area (Å²) in [5.74, 6) is 0.0452. The second kappa shape index (κ2) is 6.34. The Hall–Kier alpha value is -2.87. The molecule has 2 aromatic rings. The number of imidazole rings is 1. The standard InChI is InChI=1S/C15H13N3O2/c1-2-20-15(19)12(9-16)8-13-10-17-14(18-13)11-6-4-3-5-7-11/h3-8,10H,2H2,1H3,(H,17,18)/b12-8-. The highest BCUT2D eigenvalue weighted by Gasteiger charge is 2.10. The Morgan fingerprint density at radius 3 is 2.85 bits per heavy atom. The number of nitrogens with one attached hydrogen (secondary N) is 1. The van der Waals surface area contributed by atoms with Gasteiger partial charge in [0.15, 0.2) is 0 Å². The van der Waals surface area contributed by atoms with Crippen molar-refractivity contribution in [1.82, 2.24) is 9.97 Å². The molecule has 0 fully saturated rings. The molecule has 0 atom stereocenters. The molecule has 0 aliphatic carbocycles. The first-order chi connectivity index (χ1) is 9.74. The maximum Gasteiger partial charge on any atom is 0.348 e. The van der Waals surface area contributed by atoms with Crippen LogP contribution in [0.4, 0.5) is 0 Å². The number of benzene rings is 1. The summed E-state index contributed by atoms with van der Waals surface area (Å²) in [5, 5.41) is 8.95. The number of nitrogens with zero attached hydrogens (tertiary/aromatic N) is 2. The fourth-order valence-electron chi connectivity index (χ4n) is 1.65. The zero-order valence-electron chi connectivity index (χ0n) is 11.0. The van der Waals surface area contributed by atoms with E-state index in [-0.39, 0.29) is 12.2 Å². The third-order valence-corrected chi connectivity index (χ3v) is 2.56. The lowest BCUT2D eigenvalue weighted by Crippen LogP contribution is -2.05. The van der Waals surface area contributed by atoms with Crippen molar-refractivity contribution in [2.75, 3.05) is 6.61 Å². The molecule has 20 heavy (non-hydrogen) atoms. The van der Waals surface area contributed by atoms with Crippen LogP contribution in [0.1, 0.15) is 12.6 Å². The molecular weight excluding hydrogens is 254 g/mol. The van der Waals surface area contributed by atoms with Crippen molar-refractivity contribution in [3.8, 4) is 17.5 Å². The molecule has 1 aromatic carbocycles. The number of aromatic nitrogens is 2. The Bertz CT molecular complexity index is 666. The average molecular weight is 267 g/mol. The minimum atomic E-state index is -0.633. The molecule has 5 nitrogen and oxygen atoms in total. The van der Waals surface area contributed by atoms with Gasteiger partial charge in [0.25, 0.3) is 0 Å². The Morgan fingerprint density at radius 2 is 2.20 bits per heavy atom. The van der Waals surface area contributed by atoms with Crippen molar-refractivity contribution in [1.29, 1.82) is 5.26 Å². The molecule has 0 amide bonds. The van der Waals surface area contributed by atoms with Gasteiger partial charge in [-0.1, -0.05) is 30.3 Å². The average Bonchev–Trinajstić information content (AvgIpc) is 2.94. The number of esters is 1. The predicted octanol–water partition coefficient (Wildman–Crippen LogP) is 2.55. The van der Waals surface area contributed by atoms with E-state index in [1.165, 1.54) is 6.08 Å². The van der Waals surface area contributed by atoms with E-state index in [0.29, 0.717) is 11.5 Å². The molecule has 0 aliphatic rings. The molecule has 0 unspecified atom stereocenters. The van der Waals surface area contributed by atoms with E-state index in [4.69, 9.17) is 10.00 Å². The van der Waals surface area contributed by atoms with E-state index in [1.54, 1.807) is 13.1 Å². The van der Waals surface area contributed by atoms with Crippen molar-refractivity contribution in [3.63, 3.8) is 0 Å². The van der Waals surface area contributed by atoms with Crippen molar-refractivity contribution in [3.05, 3.63) is 47.8 Å². The first-order valence-corrected chi connectivity index (χ1v) is 6.14. The molecule has 5 heteroatoms. The van der Waals surface area contributed by atoms with Gasteiger partial charge >= 0.3 is 5.97 Å². The van der Waals surface area contributed by atoms with Crippen molar-refractivity contribution < 1.29 is 9.53 Å². The van der Waals surface area contributed by atoms with E-state index >= 15 is 0 Å². The van der Waals surface area contributed by atoms with Crippen LogP contribution in [0.2, 0.25) is 0 Å². The summed E-state index contributed by atoms with van der Waals surface area (Å²) in [5.41, 5.74) is 1.45. The van der Waals surface area contributed by atoms with Crippen LogP contribution >= 0.6 is 0 Å². The number of nitriles is 1. The summed E-state index contributed by atoms with van der Waals surface area (Å²) in [7, 11) is 0. The number of rotatable bonds is 4. The molecule has 100 valence electrons. The zero-order valence-corrected chi connectivity index (χ0v) is 11.0. The quantitative estimate of drug-likeness (QED) is 0.524. The number of aromatic amines is 1. The summed E-state index contributed by atoms with van der Waals surface area (Å²) in [6, 6.07) is 11.4. The van der Waals surface area contributed by atoms with Crippen molar-refractivity contribution >= 4 is 12.0 Å². The largest absolute Gasteiger partial charge is 0.462 e. The second-order valence-electron chi connectivity index (χ2n) is 3.94. The highest BCUT2D eigenvalue weighted by atomic mass is 16.5. The number of hydrogen-bond donors (Lipinski definition) is 1. The lowest BCUT2D eigenvalue weighted by molar-refractivity contribution is -0.137. The van der Waals surface area contributed by atoms with Gasteiger partial charge in [-0.25, -0.2) is 9.78 Å². The molecule has 1 aromatic heterocycles. The van der Waals surface area contributed by atoms with Crippen molar-refractivity contribution in [2.24, 2.45) is 0 Å². The molecule has 0 bridgehead atoms. The van der Waals surface area contributed by atoms with E-state index < -0.39 is 5.97 Å². The highest BCUT2D eigenvalue weighted by molar-refractivity contribution is 5.97. The van der Waals surface area contributed by atoms with Crippen LogP contribution in [0, 0.1) is 11.3 Å². The summed E-state index contributed by atoms with van der Waals surface area (Å²) < 4.78 is 4.79. The zero-order chi connectivity index (χ0) is 14.4. The molecular formula is C15H13N3O2. The minimum Gasteiger partial charge on any atom is -0.462 e. The molecule has 0 spiro atoms. The van der Waals surface area contributed by atoms with Gasteiger partial charge in [0.2, 0.25) is 0 Å². The van der Waals surface area contributed by atoms with E-state index in [0.717, 1.165) is 5.56 Å². The van der Waals surface area contributed by atoms with Gasteiger partial charge in [0.05, 0.1) is 18.5 Å². The number of carbonyl (C=O) groups is 1. The molecule has 2 rings (SSSR count). The summed E-state index contributed by atoms with van der Waals surface area (Å²) >= 11 is 0. The Morgan fingerprint density at radius 1 is 1.45 bits per heavy atom. The van der Waals surface area contributed by atoms with Gasteiger partial charge in [-0.2, -0.15) is 5.26 Å². The number of H-pyrrole nitrogens is 1. The molecule has 1 N–H and O–H groups in total. The summed E-state index contributed by atoms with van der Waals surface area (Å²) in [6.07, 6.45) is 3.00. The summed E-state index contributed by atoms with van der Waals surface area (Å²) in [6.45, 7) is 1.92. The molecule has 0 radical (unpaired) electrons. The molecule has 0 aliphatic heterocycles. The Labute approximate surface area is 116 Å². The van der Waals surface area contributed by atoms with Gasteiger partial charge in [-0.3, -0.25) is 0 Å². The fourth-order valence-corrected chi connectivity index (χ4v) is 1.65. The monoisotopic (exact) mass is 267 g/mol. The van der Waals surface area contributed by atoms with Crippen LogP contribution < -0.4 is 0 Å². The van der Waals surface area contributed by atoms with Crippen LogP contribution in [0.3, 0.4) is 0 Å². The number of hydrogen-bond acceptors (Lipinski definition) is 4. The van der Waals surface area contributed by atoms with E-state index in [1.807, 2.05) is 36.4 Å².